The van der Waals surface area contributed by atoms with Crippen LogP contribution in [0.3, 0.4) is 0 Å². The first-order valence-corrected chi connectivity index (χ1v) is 8.78. The van der Waals surface area contributed by atoms with Crippen LogP contribution >= 0.6 is 24.0 Å². The SMILES string of the molecule is CSC(=S)N(NCCC1C=CCCC1)c1ccccc1. The summed E-state index contributed by atoms with van der Waals surface area (Å²) in [6, 6.07) is 10.3. The van der Waals surface area contributed by atoms with E-state index >= 15 is 0 Å². The molecule has 1 aliphatic carbocycles. The lowest BCUT2D eigenvalue weighted by atomic mass is 9.93. The minimum absolute atomic E-state index is 0.719. The highest BCUT2D eigenvalue weighted by atomic mass is 32.2. The Morgan fingerprint density at radius 3 is 2.85 bits per heavy atom. The minimum Gasteiger partial charge on any atom is -0.261 e. The van der Waals surface area contributed by atoms with Crippen LogP contribution in [0.25, 0.3) is 0 Å². The molecule has 1 aromatic carbocycles. The van der Waals surface area contributed by atoms with Crippen molar-refractivity contribution in [2.75, 3.05) is 17.8 Å². The number of allylic oxidation sites excluding steroid dienone is 2. The Labute approximate surface area is 131 Å². The molecule has 1 unspecified atom stereocenters. The van der Waals surface area contributed by atoms with Crippen LogP contribution in [0.5, 0.6) is 0 Å². The number of para-hydroxylation sites is 1. The summed E-state index contributed by atoms with van der Waals surface area (Å²) in [4.78, 5) is 0. The summed E-state index contributed by atoms with van der Waals surface area (Å²) in [6.07, 6.45) is 11.8. The fourth-order valence-electron chi connectivity index (χ4n) is 2.41. The van der Waals surface area contributed by atoms with Crippen molar-refractivity contribution in [3.63, 3.8) is 0 Å². The molecule has 0 heterocycles. The molecule has 0 saturated heterocycles. The lowest BCUT2D eigenvalue weighted by molar-refractivity contribution is 0.487. The molecule has 0 fully saturated rings. The van der Waals surface area contributed by atoms with E-state index in [0.29, 0.717) is 0 Å². The van der Waals surface area contributed by atoms with Crippen LogP contribution in [0, 0.1) is 5.92 Å². The highest BCUT2D eigenvalue weighted by Crippen LogP contribution is 2.20. The van der Waals surface area contributed by atoms with E-state index in [2.05, 4.69) is 29.7 Å². The van der Waals surface area contributed by atoms with Gasteiger partial charge in [0.25, 0.3) is 0 Å². The number of hydrazine groups is 1. The van der Waals surface area contributed by atoms with E-state index in [1.54, 1.807) is 11.8 Å². The first-order valence-electron chi connectivity index (χ1n) is 7.14. The summed E-state index contributed by atoms with van der Waals surface area (Å²) >= 11 is 7.04. The van der Waals surface area contributed by atoms with E-state index in [1.165, 1.54) is 19.3 Å². The molecule has 1 aliphatic rings. The quantitative estimate of drug-likeness (QED) is 0.493. The van der Waals surface area contributed by atoms with Gasteiger partial charge in [-0.3, -0.25) is 5.01 Å². The zero-order valence-corrected chi connectivity index (χ0v) is 13.6. The van der Waals surface area contributed by atoms with Gasteiger partial charge in [0.05, 0.1) is 5.69 Å². The monoisotopic (exact) mass is 306 g/mol. The number of hydrogen-bond acceptors (Lipinski definition) is 3. The van der Waals surface area contributed by atoms with E-state index in [4.69, 9.17) is 12.2 Å². The van der Waals surface area contributed by atoms with Crippen molar-refractivity contribution in [2.45, 2.75) is 25.7 Å². The summed E-state index contributed by atoms with van der Waals surface area (Å²) in [5, 5.41) is 2.02. The van der Waals surface area contributed by atoms with E-state index < -0.39 is 0 Å². The Balaban J connectivity index is 1.90. The number of nitrogens with one attached hydrogen (secondary N) is 1. The van der Waals surface area contributed by atoms with Crippen LogP contribution in [0.1, 0.15) is 25.7 Å². The van der Waals surface area contributed by atoms with Gasteiger partial charge in [0, 0.05) is 6.54 Å². The lowest BCUT2D eigenvalue weighted by Crippen LogP contribution is -2.41. The molecule has 20 heavy (non-hydrogen) atoms. The number of nitrogens with zero attached hydrogens (tertiary/aromatic N) is 1. The first kappa shape index (κ1) is 15.5. The number of thiocarbonyl (C=S) groups is 1. The van der Waals surface area contributed by atoms with Gasteiger partial charge in [0.2, 0.25) is 0 Å². The molecule has 0 bridgehead atoms. The van der Waals surface area contributed by atoms with E-state index in [9.17, 15) is 0 Å². The predicted octanol–water partition coefficient (Wildman–Crippen LogP) is 4.39. The van der Waals surface area contributed by atoms with Crippen LogP contribution in [0.15, 0.2) is 42.5 Å². The normalized spacial score (nSPS) is 17.9. The van der Waals surface area contributed by atoms with Crippen molar-refractivity contribution in [3.05, 3.63) is 42.5 Å². The van der Waals surface area contributed by atoms with Gasteiger partial charge in [0.1, 0.15) is 0 Å². The highest BCUT2D eigenvalue weighted by molar-refractivity contribution is 8.22. The molecule has 2 rings (SSSR count). The summed E-state index contributed by atoms with van der Waals surface area (Å²) in [5.41, 5.74) is 4.57. The molecule has 0 aromatic heterocycles. The van der Waals surface area contributed by atoms with Crippen molar-refractivity contribution in [2.24, 2.45) is 5.92 Å². The smallest absolute Gasteiger partial charge is 0.155 e. The predicted molar refractivity (Wildman–Crippen MR) is 94.1 cm³/mol. The molecule has 1 atom stereocenters. The second kappa shape index (κ2) is 8.45. The van der Waals surface area contributed by atoms with Gasteiger partial charge in [0.15, 0.2) is 4.32 Å². The average Bonchev–Trinajstić information content (AvgIpc) is 2.53. The van der Waals surface area contributed by atoms with Gasteiger partial charge in [-0.25, -0.2) is 5.43 Å². The van der Waals surface area contributed by atoms with Crippen LogP contribution in [-0.4, -0.2) is 17.1 Å². The van der Waals surface area contributed by atoms with Crippen molar-refractivity contribution >= 4 is 34.0 Å². The van der Waals surface area contributed by atoms with Gasteiger partial charge in [-0.2, -0.15) is 0 Å². The number of rotatable bonds is 5. The molecule has 0 amide bonds. The third-order valence-corrected chi connectivity index (χ3v) is 4.72. The average molecular weight is 306 g/mol. The highest BCUT2D eigenvalue weighted by Gasteiger charge is 2.12. The molecule has 0 saturated carbocycles. The molecule has 2 nitrogen and oxygen atoms in total. The second-order valence-corrected chi connectivity index (χ2v) is 6.40. The third kappa shape index (κ3) is 4.62. The summed E-state index contributed by atoms with van der Waals surface area (Å²) in [7, 11) is 0. The van der Waals surface area contributed by atoms with Crippen LogP contribution in [0.4, 0.5) is 5.69 Å². The maximum atomic E-state index is 5.44. The molecule has 1 N–H and O–H groups in total. The van der Waals surface area contributed by atoms with Crippen LogP contribution in [0.2, 0.25) is 0 Å². The minimum atomic E-state index is 0.719. The summed E-state index contributed by atoms with van der Waals surface area (Å²) in [5.74, 6) is 0.719. The van der Waals surface area contributed by atoms with Gasteiger partial charge in [-0.15, -0.1) is 0 Å². The van der Waals surface area contributed by atoms with E-state index in [0.717, 1.165) is 28.9 Å². The largest absolute Gasteiger partial charge is 0.261 e. The zero-order valence-electron chi connectivity index (χ0n) is 11.9. The Kier molecular flexibility index (Phi) is 6.57. The van der Waals surface area contributed by atoms with Crippen LogP contribution < -0.4 is 10.4 Å². The van der Waals surface area contributed by atoms with Gasteiger partial charge < -0.3 is 0 Å². The maximum Gasteiger partial charge on any atom is 0.155 e. The van der Waals surface area contributed by atoms with Crippen molar-refractivity contribution in [1.82, 2.24) is 5.43 Å². The lowest BCUT2D eigenvalue weighted by Gasteiger charge is -2.26. The Hall–Kier alpha value is -0.840. The van der Waals surface area contributed by atoms with Crippen molar-refractivity contribution in [1.29, 1.82) is 0 Å². The number of benzene rings is 1. The summed E-state index contributed by atoms with van der Waals surface area (Å²) in [6.45, 7) is 0.949. The zero-order chi connectivity index (χ0) is 14.2. The first-order chi connectivity index (χ1) is 9.81. The van der Waals surface area contributed by atoms with Crippen LogP contribution in [-0.2, 0) is 0 Å². The molecular formula is C16H22N2S2. The Bertz CT molecular complexity index is 445. The number of hydrogen-bond donors (Lipinski definition) is 1. The van der Waals surface area contributed by atoms with Gasteiger partial charge in [-0.05, 0) is 50.0 Å². The third-order valence-electron chi connectivity index (χ3n) is 3.51. The molecule has 1 aromatic rings. The molecule has 108 valence electrons. The Morgan fingerprint density at radius 2 is 2.20 bits per heavy atom. The van der Waals surface area contributed by atoms with Gasteiger partial charge in [-0.1, -0.05) is 54.3 Å². The second-order valence-electron chi connectivity index (χ2n) is 4.96. The Morgan fingerprint density at radius 1 is 1.40 bits per heavy atom. The molecule has 0 spiro atoms. The van der Waals surface area contributed by atoms with E-state index in [1.807, 2.05) is 29.5 Å². The van der Waals surface area contributed by atoms with Crippen molar-refractivity contribution in [3.8, 4) is 0 Å². The maximum absolute atomic E-state index is 5.44. The van der Waals surface area contributed by atoms with Gasteiger partial charge >= 0.3 is 0 Å². The number of anilines is 1. The molecule has 4 heteroatoms. The summed E-state index contributed by atoms with van der Waals surface area (Å²) < 4.78 is 0.857. The van der Waals surface area contributed by atoms with E-state index in [-0.39, 0.29) is 0 Å². The molecule has 0 radical (unpaired) electrons. The topological polar surface area (TPSA) is 15.3 Å². The molecular weight excluding hydrogens is 284 g/mol. The van der Waals surface area contributed by atoms with Crippen molar-refractivity contribution < 1.29 is 0 Å². The fourth-order valence-corrected chi connectivity index (χ4v) is 2.94. The standard InChI is InChI=1S/C16H22N2S2/c1-20-16(19)18(15-10-6-3-7-11-15)17-13-12-14-8-4-2-5-9-14/h3-4,6-8,10-11,14,17H,2,5,9,12-13H2,1H3. The number of thioether (sulfide) groups is 1. The molecule has 0 aliphatic heterocycles. The fraction of sp³-hybridized carbons (Fsp3) is 0.438.